The number of nitrogens with zero attached hydrogens (tertiary/aromatic N) is 3. The van der Waals surface area contributed by atoms with Crippen molar-refractivity contribution in [1.29, 1.82) is 0 Å². The van der Waals surface area contributed by atoms with E-state index in [0.717, 1.165) is 22.2 Å². The molecule has 3 heterocycles. The van der Waals surface area contributed by atoms with Crippen LogP contribution in [0.5, 0.6) is 5.75 Å². The number of pyridine rings is 2. The van der Waals surface area contributed by atoms with Crippen LogP contribution in [-0.4, -0.2) is 46.5 Å². The zero-order valence-electron chi connectivity index (χ0n) is 17.7. The van der Waals surface area contributed by atoms with Crippen molar-refractivity contribution in [3.8, 4) is 16.9 Å². The van der Waals surface area contributed by atoms with Crippen LogP contribution in [0.3, 0.4) is 0 Å². The number of amides is 2. The van der Waals surface area contributed by atoms with Crippen LogP contribution >= 0.6 is 0 Å². The van der Waals surface area contributed by atoms with Crippen molar-refractivity contribution in [3.05, 3.63) is 89.9 Å². The van der Waals surface area contributed by atoms with Crippen LogP contribution in [0.2, 0.25) is 0 Å². The van der Waals surface area contributed by atoms with Gasteiger partial charge in [0, 0.05) is 36.4 Å². The van der Waals surface area contributed by atoms with Crippen molar-refractivity contribution in [2.45, 2.75) is 6.42 Å². The monoisotopic (exact) mass is 441 g/mol. The quantitative estimate of drug-likeness (QED) is 0.395. The fourth-order valence-electron chi connectivity index (χ4n) is 4.10. The lowest BCUT2D eigenvalue weighted by Crippen LogP contribution is -2.32. The Labute approximate surface area is 189 Å². The topological polar surface area (TPSA) is 72.4 Å². The summed E-state index contributed by atoms with van der Waals surface area (Å²) in [6.45, 7) is -0.708. The normalized spacial score (nSPS) is 12.9. The summed E-state index contributed by atoms with van der Waals surface area (Å²) in [7, 11) is 0. The minimum atomic E-state index is -0.694. The van der Waals surface area contributed by atoms with E-state index >= 15 is 0 Å². The maximum Gasteiger partial charge on any atom is 0.265 e. The van der Waals surface area contributed by atoms with E-state index in [-0.39, 0.29) is 30.0 Å². The van der Waals surface area contributed by atoms with Crippen LogP contribution in [0.15, 0.2) is 73.1 Å². The number of hydrogen-bond donors (Lipinski definition) is 0. The highest BCUT2D eigenvalue weighted by Gasteiger charge is 2.40. The molecule has 0 unspecified atom stereocenters. The standard InChI is InChI=1S/C26H20FN3O3/c27-12-16-33-22-8-7-20(17-9-13-28-14-10-17)23-24(22)26(32)30(25(23)31)15-11-19-6-5-18-3-1-2-4-21(18)29-19/h1-10,13-14H,11-12,15-16H2. The van der Waals surface area contributed by atoms with Gasteiger partial charge in [0.05, 0.1) is 16.6 Å². The van der Waals surface area contributed by atoms with E-state index in [9.17, 15) is 14.0 Å². The number of carbonyl (C=O) groups excluding carboxylic acids is 2. The van der Waals surface area contributed by atoms with Crippen molar-refractivity contribution in [2.24, 2.45) is 0 Å². The smallest absolute Gasteiger partial charge is 0.265 e. The first kappa shape index (κ1) is 20.8. The van der Waals surface area contributed by atoms with E-state index in [1.165, 1.54) is 4.90 Å². The molecule has 0 saturated carbocycles. The SMILES string of the molecule is O=C1c2c(OCCF)ccc(-c3ccncc3)c2C(=O)N1CCc1ccc2ccccc2n1. The van der Waals surface area contributed by atoms with Gasteiger partial charge in [0.2, 0.25) is 0 Å². The second-order valence-electron chi connectivity index (χ2n) is 7.64. The van der Waals surface area contributed by atoms with Gasteiger partial charge in [-0.3, -0.25) is 24.5 Å². The highest BCUT2D eigenvalue weighted by atomic mass is 19.1. The Balaban J connectivity index is 1.48. The molecule has 7 heteroatoms. The molecule has 2 aromatic heterocycles. The molecule has 0 spiro atoms. The number of rotatable bonds is 7. The average Bonchev–Trinajstić information content (AvgIpc) is 3.11. The summed E-state index contributed by atoms with van der Waals surface area (Å²) in [4.78, 5) is 36.6. The first-order valence-corrected chi connectivity index (χ1v) is 10.6. The maximum atomic E-state index is 13.4. The molecule has 0 radical (unpaired) electrons. The van der Waals surface area contributed by atoms with Crippen LogP contribution in [-0.2, 0) is 6.42 Å². The molecule has 0 fully saturated rings. The lowest BCUT2D eigenvalue weighted by atomic mass is 9.96. The van der Waals surface area contributed by atoms with Crippen molar-refractivity contribution in [3.63, 3.8) is 0 Å². The first-order valence-electron chi connectivity index (χ1n) is 10.6. The Kier molecular flexibility index (Phi) is 5.52. The Morgan fingerprint density at radius 2 is 1.67 bits per heavy atom. The highest BCUT2D eigenvalue weighted by molar-refractivity contribution is 6.25. The van der Waals surface area contributed by atoms with Crippen LogP contribution in [0.25, 0.3) is 22.0 Å². The number of ether oxygens (including phenoxy) is 1. The van der Waals surface area contributed by atoms with Crippen molar-refractivity contribution in [2.75, 3.05) is 19.8 Å². The van der Waals surface area contributed by atoms with E-state index < -0.39 is 18.5 Å². The second kappa shape index (κ2) is 8.78. The molecule has 0 aliphatic carbocycles. The fourth-order valence-corrected chi connectivity index (χ4v) is 4.10. The second-order valence-corrected chi connectivity index (χ2v) is 7.64. The van der Waals surface area contributed by atoms with E-state index in [1.807, 2.05) is 36.4 Å². The summed E-state index contributed by atoms with van der Waals surface area (Å²) in [5.74, 6) is -0.626. The van der Waals surface area contributed by atoms with Gasteiger partial charge in [-0.05, 0) is 47.5 Å². The molecule has 0 atom stereocenters. The molecule has 4 aromatic rings. The van der Waals surface area contributed by atoms with E-state index in [2.05, 4.69) is 9.97 Å². The number of alkyl halides is 1. The Hall–Kier alpha value is -4.13. The molecular formula is C26H20FN3O3. The summed E-state index contributed by atoms with van der Waals surface area (Å²) in [6, 6.07) is 18.5. The number of hydrogen-bond acceptors (Lipinski definition) is 5. The van der Waals surface area contributed by atoms with Crippen LogP contribution in [0.1, 0.15) is 26.4 Å². The van der Waals surface area contributed by atoms with Gasteiger partial charge in [-0.25, -0.2) is 4.39 Å². The Morgan fingerprint density at radius 3 is 2.48 bits per heavy atom. The molecule has 5 rings (SSSR count). The lowest BCUT2D eigenvalue weighted by molar-refractivity contribution is 0.0655. The third kappa shape index (κ3) is 3.82. The summed E-state index contributed by atoms with van der Waals surface area (Å²) in [5, 5.41) is 1.03. The number of para-hydroxylation sites is 1. The summed E-state index contributed by atoms with van der Waals surface area (Å²) >= 11 is 0. The number of imide groups is 1. The lowest BCUT2D eigenvalue weighted by Gasteiger charge is -2.14. The number of halogens is 1. The van der Waals surface area contributed by atoms with Crippen LogP contribution in [0.4, 0.5) is 4.39 Å². The van der Waals surface area contributed by atoms with Gasteiger partial charge in [-0.2, -0.15) is 0 Å². The molecule has 6 nitrogen and oxygen atoms in total. The molecule has 0 bridgehead atoms. The molecule has 0 N–H and O–H groups in total. The molecule has 1 aliphatic rings. The molecule has 33 heavy (non-hydrogen) atoms. The van der Waals surface area contributed by atoms with Gasteiger partial charge in [-0.15, -0.1) is 0 Å². The molecular weight excluding hydrogens is 421 g/mol. The van der Waals surface area contributed by atoms with Gasteiger partial charge in [0.15, 0.2) is 0 Å². The van der Waals surface area contributed by atoms with E-state index in [0.29, 0.717) is 12.0 Å². The zero-order valence-corrected chi connectivity index (χ0v) is 17.7. The van der Waals surface area contributed by atoms with Gasteiger partial charge >= 0.3 is 0 Å². The molecule has 0 saturated heterocycles. The number of aromatic nitrogens is 2. The Bertz CT molecular complexity index is 1360. The molecule has 2 aromatic carbocycles. The molecule has 164 valence electrons. The highest BCUT2D eigenvalue weighted by Crippen LogP contribution is 2.38. The predicted octanol–water partition coefficient (Wildman–Crippen LogP) is 4.48. The summed E-state index contributed by atoms with van der Waals surface area (Å²) < 4.78 is 18.2. The van der Waals surface area contributed by atoms with Crippen molar-refractivity contribution < 1.29 is 18.7 Å². The third-order valence-corrected chi connectivity index (χ3v) is 5.66. The van der Waals surface area contributed by atoms with Gasteiger partial charge in [-0.1, -0.05) is 24.3 Å². The number of fused-ring (bicyclic) bond motifs is 2. The third-order valence-electron chi connectivity index (χ3n) is 5.66. The molecule has 1 aliphatic heterocycles. The fraction of sp³-hybridized carbons (Fsp3) is 0.154. The zero-order chi connectivity index (χ0) is 22.8. The number of carbonyl (C=O) groups is 2. The largest absolute Gasteiger partial charge is 0.490 e. The van der Waals surface area contributed by atoms with E-state index in [4.69, 9.17) is 4.74 Å². The van der Waals surface area contributed by atoms with Crippen molar-refractivity contribution in [1.82, 2.24) is 14.9 Å². The summed E-state index contributed by atoms with van der Waals surface area (Å²) in [6.07, 6.45) is 3.67. The van der Waals surface area contributed by atoms with Gasteiger partial charge in [0.1, 0.15) is 19.0 Å². The average molecular weight is 441 g/mol. The molecule has 2 amide bonds. The van der Waals surface area contributed by atoms with Crippen LogP contribution < -0.4 is 4.74 Å². The Morgan fingerprint density at radius 1 is 0.879 bits per heavy atom. The minimum absolute atomic E-state index is 0.175. The van der Waals surface area contributed by atoms with Crippen LogP contribution in [0, 0.1) is 0 Å². The van der Waals surface area contributed by atoms with Gasteiger partial charge in [0.25, 0.3) is 11.8 Å². The predicted molar refractivity (Wildman–Crippen MR) is 122 cm³/mol. The minimum Gasteiger partial charge on any atom is -0.490 e. The maximum absolute atomic E-state index is 13.4. The van der Waals surface area contributed by atoms with Crippen molar-refractivity contribution >= 4 is 22.7 Å². The first-order chi connectivity index (χ1) is 16.2. The van der Waals surface area contributed by atoms with E-state index in [1.54, 1.807) is 36.7 Å². The van der Waals surface area contributed by atoms with Gasteiger partial charge < -0.3 is 4.74 Å². The number of benzene rings is 2. The summed E-state index contributed by atoms with van der Waals surface area (Å²) in [5.41, 5.74) is 3.47.